The van der Waals surface area contributed by atoms with Gasteiger partial charge in [-0.05, 0) is 10.4 Å². The molecule has 1 aliphatic heterocycles. The first-order valence-electron chi connectivity index (χ1n) is 5.48. The maximum atomic E-state index is 7.44. The Balaban J connectivity index is 1.94. The molecule has 9 heteroatoms. The Bertz CT molecular complexity index is 581. The van der Waals surface area contributed by atoms with Crippen molar-refractivity contribution in [2.45, 2.75) is 6.10 Å². The highest BCUT2D eigenvalue weighted by atomic mass is 16.5. The number of nitrogens with zero attached hydrogens (tertiary/aromatic N) is 6. The molecule has 2 aromatic rings. The van der Waals surface area contributed by atoms with Crippen LogP contribution in [-0.2, 0) is 4.74 Å². The van der Waals surface area contributed by atoms with Crippen molar-refractivity contribution in [1.82, 2.24) is 25.0 Å². The lowest BCUT2D eigenvalue weighted by Crippen LogP contribution is -2.48. The second kappa shape index (κ2) is 4.18. The van der Waals surface area contributed by atoms with Crippen LogP contribution in [0.5, 0.6) is 0 Å². The number of aromatic nitrogens is 5. The van der Waals surface area contributed by atoms with Crippen LogP contribution in [0.25, 0.3) is 5.65 Å². The number of hydrogen-bond donors (Lipinski definition) is 2. The van der Waals surface area contributed by atoms with E-state index < -0.39 is 6.10 Å². The molecule has 1 aliphatic rings. The number of anilines is 1. The van der Waals surface area contributed by atoms with Crippen molar-refractivity contribution in [3.63, 3.8) is 0 Å². The smallest absolute Gasteiger partial charge is 0.199 e. The second-order valence-electron chi connectivity index (χ2n) is 3.98. The topological polar surface area (TPSA) is 118 Å². The van der Waals surface area contributed by atoms with E-state index in [1.54, 1.807) is 16.9 Å². The molecule has 1 atom stereocenters. The lowest BCUT2D eigenvalue weighted by molar-refractivity contribution is 0.0821. The van der Waals surface area contributed by atoms with Crippen molar-refractivity contribution in [1.29, 1.82) is 5.41 Å². The number of rotatable bonds is 2. The first-order chi connectivity index (χ1) is 8.75. The lowest BCUT2D eigenvalue weighted by Gasteiger charge is -2.33. The lowest BCUT2D eigenvalue weighted by atomic mass is 10.2. The summed E-state index contributed by atoms with van der Waals surface area (Å²) in [5.41, 5.74) is 6.05. The summed E-state index contributed by atoms with van der Waals surface area (Å²) < 4.78 is 7.02. The van der Waals surface area contributed by atoms with Crippen LogP contribution in [0.15, 0.2) is 12.4 Å². The molecule has 3 heterocycles. The van der Waals surface area contributed by atoms with Crippen molar-refractivity contribution in [3.8, 4) is 0 Å². The molecule has 0 bridgehead atoms. The van der Waals surface area contributed by atoms with E-state index in [0.717, 1.165) is 5.82 Å². The number of amidine groups is 1. The van der Waals surface area contributed by atoms with Crippen LogP contribution in [0.4, 0.5) is 5.82 Å². The summed E-state index contributed by atoms with van der Waals surface area (Å²) in [5.74, 6) is 0.795. The third kappa shape index (κ3) is 1.74. The van der Waals surface area contributed by atoms with Gasteiger partial charge in [0, 0.05) is 6.54 Å². The summed E-state index contributed by atoms with van der Waals surface area (Å²) in [6.07, 6.45) is 2.88. The minimum Gasteiger partial charge on any atom is -0.385 e. The summed E-state index contributed by atoms with van der Waals surface area (Å²) >= 11 is 0. The van der Waals surface area contributed by atoms with E-state index >= 15 is 0 Å². The first-order valence-corrected chi connectivity index (χ1v) is 5.48. The number of nitrogens with two attached hydrogens (primary N) is 1. The van der Waals surface area contributed by atoms with Crippen LogP contribution in [0.2, 0.25) is 0 Å². The maximum Gasteiger partial charge on any atom is 0.199 e. The van der Waals surface area contributed by atoms with Crippen LogP contribution in [0, 0.1) is 5.41 Å². The van der Waals surface area contributed by atoms with Gasteiger partial charge in [-0.15, -0.1) is 5.10 Å². The van der Waals surface area contributed by atoms with Gasteiger partial charge >= 0.3 is 0 Å². The minimum absolute atomic E-state index is 0.0246. The number of hydrogen-bond acceptors (Lipinski definition) is 7. The quantitative estimate of drug-likeness (QED) is 0.498. The van der Waals surface area contributed by atoms with E-state index in [-0.39, 0.29) is 5.84 Å². The third-order valence-corrected chi connectivity index (χ3v) is 2.83. The Kier molecular flexibility index (Phi) is 2.52. The Labute approximate surface area is 102 Å². The van der Waals surface area contributed by atoms with E-state index in [2.05, 4.69) is 20.5 Å². The van der Waals surface area contributed by atoms with E-state index in [9.17, 15) is 0 Å². The molecule has 0 amide bonds. The molecule has 1 saturated heterocycles. The molecule has 0 aromatic carbocycles. The number of fused-ring (bicyclic) bond motifs is 1. The van der Waals surface area contributed by atoms with Gasteiger partial charge in [0.15, 0.2) is 11.5 Å². The zero-order valence-corrected chi connectivity index (χ0v) is 9.52. The first kappa shape index (κ1) is 10.8. The highest BCUT2D eigenvalue weighted by molar-refractivity contribution is 5.82. The fourth-order valence-corrected chi connectivity index (χ4v) is 1.92. The summed E-state index contributed by atoms with van der Waals surface area (Å²) in [4.78, 5) is 6.11. The molecule has 1 fully saturated rings. The van der Waals surface area contributed by atoms with E-state index in [0.29, 0.717) is 25.3 Å². The highest BCUT2D eigenvalue weighted by Gasteiger charge is 2.24. The zero-order chi connectivity index (χ0) is 12.5. The number of morpholine rings is 1. The minimum atomic E-state index is -0.398. The van der Waals surface area contributed by atoms with E-state index in [4.69, 9.17) is 15.9 Å². The molecular formula is C9H12N8O. The van der Waals surface area contributed by atoms with Gasteiger partial charge < -0.3 is 15.4 Å². The summed E-state index contributed by atoms with van der Waals surface area (Å²) in [5, 5.41) is 18.8. The molecule has 0 aliphatic carbocycles. The normalized spacial score (nSPS) is 20.2. The van der Waals surface area contributed by atoms with Gasteiger partial charge in [0.25, 0.3) is 0 Å². The molecule has 3 rings (SSSR count). The number of ether oxygens (including phenoxy) is 1. The Morgan fingerprint density at radius 3 is 3.22 bits per heavy atom. The van der Waals surface area contributed by atoms with E-state index in [1.807, 2.05) is 4.90 Å². The Morgan fingerprint density at radius 1 is 1.50 bits per heavy atom. The molecule has 18 heavy (non-hydrogen) atoms. The predicted octanol–water partition coefficient (Wildman–Crippen LogP) is -1.34. The van der Waals surface area contributed by atoms with Crippen molar-refractivity contribution < 1.29 is 4.74 Å². The fraction of sp³-hybridized carbons (Fsp3) is 0.444. The molecule has 0 spiro atoms. The molecule has 0 saturated carbocycles. The van der Waals surface area contributed by atoms with Gasteiger partial charge in [0.2, 0.25) is 0 Å². The molecule has 2 aromatic heterocycles. The van der Waals surface area contributed by atoms with Gasteiger partial charge in [0.05, 0.1) is 25.5 Å². The highest BCUT2D eigenvalue weighted by Crippen LogP contribution is 2.16. The molecule has 9 nitrogen and oxygen atoms in total. The zero-order valence-electron chi connectivity index (χ0n) is 9.52. The summed E-state index contributed by atoms with van der Waals surface area (Å²) in [6.45, 7) is 1.68. The number of tetrazole rings is 1. The summed E-state index contributed by atoms with van der Waals surface area (Å²) in [6, 6.07) is 0. The third-order valence-electron chi connectivity index (χ3n) is 2.83. The van der Waals surface area contributed by atoms with Crippen molar-refractivity contribution in [3.05, 3.63) is 12.4 Å². The van der Waals surface area contributed by atoms with Gasteiger partial charge in [-0.2, -0.15) is 4.52 Å². The second-order valence-corrected chi connectivity index (χ2v) is 3.98. The van der Waals surface area contributed by atoms with Gasteiger partial charge in [-0.25, -0.2) is 0 Å². The van der Waals surface area contributed by atoms with E-state index in [1.165, 1.54) is 0 Å². The van der Waals surface area contributed by atoms with Gasteiger partial charge in [-0.1, -0.05) is 0 Å². The largest absolute Gasteiger partial charge is 0.385 e. The molecule has 1 unspecified atom stereocenters. The van der Waals surface area contributed by atoms with Gasteiger partial charge in [-0.3, -0.25) is 10.4 Å². The van der Waals surface area contributed by atoms with Gasteiger partial charge in [0.1, 0.15) is 11.9 Å². The van der Waals surface area contributed by atoms with Crippen molar-refractivity contribution in [2.75, 3.05) is 24.6 Å². The molecular weight excluding hydrogens is 236 g/mol. The average molecular weight is 248 g/mol. The molecule has 3 N–H and O–H groups in total. The average Bonchev–Trinajstić information content (AvgIpc) is 2.87. The summed E-state index contributed by atoms with van der Waals surface area (Å²) in [7, 11) is 0. The predicted molar refractivity (Wildman–Crippen MR) is 62.4 cm³/mol. The van der Waals surface area contributed by atoms with Crippen molar-refractivity contribution >= 4 is 17.3 Å². The maximum absolute atomic E-state index is 7.44. The van der Waals surface area contributed by atoms with Crippen LogP contribution < -0.4 is 10.6 Å². The van der Waals surface area contributed by atoms with Crippen LogP contribution in [0.3, 0.4) is 0 Å². The molecule has 0 radical (unpaired) electrons. The van der Waals surface area contributed by atoms with Crippen LogP contribution in [0.1, 0.15) is 0 Å². The number of nitrogens with one attached hydrogen (secondary N) is 1. The monoisotopic (exact) mass is 248 g/mol. The van der Waals surface area contributed by atoms with Crippen LogP contribution >= 0.6 is 0 Å². The van der Waals surface area contributed by atoms with Crippen molar-refractivity contribution in [2.24, 2.45) is 5.73 Å². The Morgan fingerprint density at radius 2 is 2.39 bits per heavy atom. The standard InChI is InChI=1S/C9H12N8O/c10-9(11)6-5-16(1-2-18-6)8-4-12-3-7-13-14-15-17(7)8/h3-4,6H,1-2,5H2,(H3,10,11). The van der Waals surface area contributed by atoms with Crippen LogP contribution in [-0.4, -0.2) is 56.7 Å². The SMILES string of the molecule is N=C(N)C1CN(c2cncc3nnnn23)CCO1. The Hall–Kier alpha value is -2.29. The fourth-order valence-electron chi connectivity index (χ4n) is 1.92. The molecule has 94 valence electrons.